The number of hydrogen-bond donors (Lipinski definition) is 1. The van der Waals surface area contributed by atoms with Gasteiger partial charge in [-0.3, -0.25) is 5.32 Å². The summed E-state index contributed by atoms with van der Waals surface area (Å²) in [5.74, 6) is 0.925. The van der Waals surface area contributed by atoms with Crippen LogP contribution in [0.25, 0.3) is 0 Å². The van der Waals surface area contributed by atoms with E-state index in [-0.39, 0.29) is 0 Å². The van der Waals surface area contributed by atoms with Gasteiger partial charge in [0, 0.05) is 9.92 Å². The van der Waals surface area contributed by atoms with Gasteiger partial charge >= 0.3 is 0 Å². The second kappa shape index (κ2) is 8.79. The van der Waals surface area contributed by atoms with E-state index >= 15 is 0 Å². The average Bonchev–Trinajstić information content (AvgIpc) is 2.46. The van der Waals surface area contributed by atoms with Crippen LogP contribution in [0.4, 0.5) is 0 Å². The highest BCUT2D eigenvalue weighted by Gasteiger charge is 2.25. The summed E-state index contributed by atoms with van der Waals surface area (Å²) in [6.45, 7) is 4.89. The molecule has 20 heavy (non-hydrogen) atoms. The van der Waals surface area contributed by atoms with Gasteiger partial charge < -0.3 is 0 Å². The summed E-state index contributed by atoms with van der Waals surface area (Å²) in [6, 6.07) is 7.91. The largest absolute Gasteiger partial charge is 0.300 e. The van der Waals surface area contributed by atoms with E-state index in [2.05, 4.69) is 11.4 Å². The molecule has 0 aromatic heterocycles. The van der Waals surface area contributed by atoms with Crippen LogP contribution in [-0.4, -0.2) is 17.8 Å². The van der Waals surface area contributed by atoms with Crippen LogP contribution in [0, 0.1) is 11.3 Å². The maximum absolute atomic E-state index is 9.35. The second-order valence-corrected chi connectivity index (χ2v) is 6.58. The van der Waals surface area contributed by atoms with Gasteiger partial charge in [0.05, 0.1) is 11.1 Å². The molecule has 1 unspecified atom stereocenters. The monoisotopic (exact) mass is 330 g/mol. The molecule has 0 spiro atoms. The number of rotatable bonds is 8. The Morgan fingerprint density at radius 1 is 1.35 bits per heavy atom. The summed E-state index contributed by atoms with van der Waals surface area (Å²) in [5.41, 5.74) is -0.395. The molecule has 1 rings (SSSR count). The molecule has 0 aliphatic rings. The second-order valence-electron chi connectivity index (χ2n) is 4.60. The minimum atomic E-state index is -0.395. The average molecular weight is 331 g/mol. The van der Waals surface area contributed by atoms with Crippen LogP contribution in [-0.2, 0) is 0 Å². The lowest BCUT2D eigenvalue weighted by atomic mass is 9.92. The first-order valence-corrected chi connectivity index (χ1v) is 8.55. The molecule has 0 aliphatic carbocycles. The zero-order valence-corrected chi connectivity index (χ0v) is 14.2. The van der Waals surface area contributed by atoms with Gasteiger partial charge in [0.2, 0.25) is 0 Å². The van der Waals surface area contributed by atoms with Gasteiger partial charge in [-0.25, -0.2) is 0 Å². The molecule has 0 amide bonds. The van der Waals surface area contributed by atoms with Crippen molar-refractivity contribution < 1.29 is 0 Å². The van der Waals surface area contributed by atoms with Crippen molar-refractivity contribution in [3.8, 4) is 6.07 Å². The van der Waals surface area contributed by atoms with Crippen molar-refractivity contribution in [1.29, 1.82) is 5.26 Å². The molecule has 1 aromatic rings. The Morgan fingerprint density at radius 2 is 2.10 bits per heavy atom. The van der Waals surface area contributed by atoms with Crippen molar-refractivity contribution in [3.63, 3.8) is 0 Å². The van der Waals surface area contributed by atoms with E-state index in [1.807, 2.05) is 26.0 Å². The zero-order valence-electron chi connectivity index (χ0n) is 11.9. The zero-order chi connectivity index (χ0) is 15.0. The molecular formula is C15H20Cl2N2S. The van der Waals surface area contributed by atoms with E-state index in [1.54, 1.807) is 17.8 Å². The van der Waals surface area contributed by atoms with Gasteiger partial charge in [0.1, 0.15) is 5.54 Å². The van der Waals surface area contributed by atoms with E-state index in [1.165, 1.54) is 0 Å². The third-order valence-electron chi connectivity index (χ3n) is 3.23. The van der Waals surface area contributed by atoms with E-state index in [9.17, 15) is 5.26 Å². The van der Waals surface area contributed by atoms with Crippen molar-refractivity contribution in [2.45, 2.75) is 43.5 Å². The van der Waals surface area contributed by atoms with Crippen molar-refractivity contribution in [2.24, 2.45) is 0 Å². The van der Waals surface area contributed by atoms with Crippen molar-refractivity contribution in [3.05, 3.63) is 28.2 Å². The topological polar surface area (TPSA) is 35.8 Å². The lowest BCUT2D eigenvalue weighted by molar-refractivity contribution is 0.379. The van der Waals surface area contributed by atoms with Crippen LogP contribution in [0.15, 0.2) is 23.1 Å². The third kappa shape index (κ3) is 5.18. The van der Waals surface area contributed by atoms with E-state index in [0.29, 0.717) is 5.02 Å². The SMILES string of the molecule is CCNC(C#N)(CC)CCCSc1cc(Cl)ccc1Cl. The van der Waals surface area contributed by atoms with Gasteiger partial charge in [-0.2, -0.15) is 5.26 Å². The van der Waals surface area contributed by atoms with Gasteiger partial charge in [-0.15, -0.1) is 11.8 Å². The smallest absolute Gasteiger partial charge is 0.106 e. The van der Waals surface area contributed by atoms with E-state index in [0.717, 1.165) is 41.5 Å². The Bertz CT molecular complexity index is 473. The van der Waals surface area contributed by atoms with Gasteiger partial charge in [0.15, 0.2) is 0 Å². The fourth-order valence-corrected chi connectivity index (χ4v) is 3.49. The van der Waals surface area contributed by atoms with Crippen LogP contribution in [0.5, 0.6) is 0 Å². The normalized spacial score (nSPS) is 13.8. The number of hydrogen-bond acceptors (Lipinski definition) is 3. The summed E-state index contributed by atoms with van der Waals surface area (Å²) in [7, 11) is 0. The number of nitrogens with zero attached hydrogens (tertiary/aromatic N) is 1. The highest BCUT2D eigenvalue weighted by Crippen LogP contribution is 2.31. The number of nitriles is 1. The first kappa shape index (κ1) is 17.7. The molecule has 0 fully saturated rings. The first-order valence-electron chi connectivity index (χ1n) is 6.81. The van der Waals surface area contributed by atoms with Gasteiger partial charge in [0.25, 0.3) is 0 Å². The minimum absolute atomic E-state index is 0.395. The molecule has 0 aliphatic heterocycles. The molecule has 2 nitrogen and oxygen atoms in total. The molecule has 110 valence electrons. The summed E-state index contributed by atoms with van der Waals surface area (Å²) in [6.07, 6.45) is 2.63. The lowest BCUT2D eigenvalue weighted by Gasteiger charge is -2.25. The van der Waals surface area contributed by atoms with Crippen molar-refractivity contribution in [1.82, 2.24) is 5.32 Å². The summed E-state index contributed by atoms with van der Waals surface area (Å²) >= 11 is 13.8. The molecule has 5 heteroatoms. The Balaban J connectivity index is 2.48. The molecule has 0 saturated carbocycles. The van der Waals surface area contributed by atoms with Crippen molar-refractivity contribution in [2.75, 3.05) is 12.3 Å². The molecule has 0 radical (unpaired) electrons. The molecule has 0 heterocycles. The molecule has 1 aromatic carbocycles. The minimum Gasteiger partial charge on any atom is -0.300 e. The van der Waals surface area contributed by atoms with Crippen LogP contribution in [0.2, 0.25) is 10.0 Å². The summed E-state index contributed by atoms with van der Waals surface area (Å²) in [5, 5.41) is 14.1. The molecule has 1 N–H and O–H groups in total. The highest BCUT2D eigenvalue weighted by atomic mass is 35.5. The highest BCUT2D eigenvalue weighted by molar-refractivity contribution is 7.99. The fourth-order valence-electron chi connectivity index (χ4n) is 2.05. The number of thioether (sulfide) groups is 1. The summed E-state index contributed by atoms with van der Waals surface area (Å²) < 4.78 is 0. The van der Waals surface area contributed by atoms with Crippen LogP contribution < -0.4 is 5.32 Å². The van der Waals surface area contributed by atoms with Crippen LogP contribution in [0.3, 0.4) is 0 Å². The first-order chi connectivity index (χ1) is 9.56. The molecular weight excluding hydrogens is 311 g/mol. The molecule has 1 atom stereocenters. The Hall–Kier alpha value is -0.400. The number of benzene rings is 1. The maximum Gasteiger partial charge on any atom is 0.106 e. The van der Waals surface area contributed by atoms with Gasteiger partial charge in [-0.05, 0) is 49.8 Å². The van der Waals surface area contributed by atoms with Crippen LogP contribution in [0.1, 0.15) is 33.1 Å². The van der Waals surface area contributed by atoms with Crippen molar-refractivity contribution >= 4 is 35.0 Å². The maximum atomic E-state index is 9.35. The standard InChI is InChI=1S/C15H20Cl2N2S/c1-3-15(11-18,19-4-2)8-5-9-20-14-10-12(16)6-7-13(14)17/h6-7,10,19H,3-5,8-9H2,1-2H3. The Morgan fingerprint density at radius 3 is 2.70 bits per heavy atom. The lowest BCUT2D eigenvalue weighted by Crippen LogP contribution is -2.43. The van der Waals surface area contributed by atoms with Crippen LogP contribution >= 0.6 is 35.0 Å². The Labute approximate surface area is 135 Å². The predicted molar refractivity (Wildman–Crippen MR) is 88.7 cm³/mol. The van der Waals surface area contributed by atoms with Gasteiger partial charge in [-0.1, -0.05) is 37.0 Å². The number of halogens is 2. The third-order valence-corrected chi connectivity index (χ3v) is 5.05. The predicted octanol–water partition coefficient (Wildman–Crippen LogP) is 5.15. The quantitative estimate of drug-likeness (QED) is 0.529. The van der Waals surface area contributed by atoms with E-state index in [4.69, 9.17) is 23.2 Å². The number of nitrogens with one attached hydrogen (secondary N) is 1. The molecule has 0 saturated heterocycles. The van der Waals surface area contributed by atoms with E-state index < -0.39 is 5.54 Å². The summed E-state index contributed by atoms with van der Waals surface area (Å²) in [4.78, 5) is 1.00. The Kier molecular flexibility index (Phi) is 7.76. The molecule has 0 bridgehead atoms. The fraction of sp³-hybridized carbons (Fsp3) is 0.533.